The van der Waals surface area contributed by atoms with Gasteiger partial charge >= 0.3 is 0 Å². The molecule has 0 saturated heterocycles. The van der Waals surface area contributed by atoms with Crippen molar-refractivity contribution in [1.29, 1.82) is 0 Å². The Kier molecular flexibility index (Phi) is 8.46. The number of halogens is 1. The van der Waals surface area contributed by atoms with E-state index in [2.05, 4.69) is 24.0 Å². The summed E-state index contributed by atoms with van der Waals surface area (Å²) in [5, 5.41) is 7.00. The Hall–Kier alpha value is -3.42. The van der Waals surface area contributed by atoms with E-state index in [9.17, 15) is 9.18 Å². The van der Waals surface area contributed by atoms with E-state index in [1.54, 1.807) is 26.4 Å². The number of nitrogens with zero attached hydrogens (tertiary/aromatic N) is 2. The van der Waals surface area contributed by atoms with E-state index in [1.807, 2.05) is 35.2 Å². The van der Waals surface area contributed by atoms with Gasteiger partial charge in [-0.3, -0.25) is 9.69 Å². The van der Waals surface area contributed by atoms with Crippen molar-refractivity contribution in [3.8, 4) is 11.5 Å². The molecule has 0 aliphatic carbocycles. The lowest BCUT2D eigenvalue weighted by molar-refractivity contribution is -0.140. The quantitative estimate of drug-likeness (QED) is 0.551. The minimum atomic E-state index is -0.353. The number of ether oxygens (including phenoxy) is 2. The molecule has 0 bridgehead atoms. The van der Waals surface area contributed by atoms with Gasteiger partial charge in [-0.25, -0.2) is 4.39 Å². The summed E-state index contributed by atoms with van der Waals surface area (Å²) in [6.07, 6.45) is 1.37. The number of aliphatic hydroxyl groups excluding tert-OH is 1. The van der Waals surface area contributed by atoms with Gasteiger partial charge in [0.25, 0.3) is 0 Å². The van der Waals surface area contributed by atoms with Crippen LogP contribution in [0.1, 0.15) is 40.8 Å². The molecule has 0 saturated carbocycles. The topological polar surface area (TPSA) is 62.2 Å². The van der Waals surface area contributed by atoms with Crippen molar-refractivity contribution < 1.29 is 23.8 Å². The van der Waals surface area contributed by atoms with Crippen molar-refractivity contribution in [2.45, 2.75) is 44.9 Å². The summed E-state index contributed by atoms with van der Waals surface area (Å²) in [5.74, 6) is 1.22. The highest BCUT2D eigenvalue weighted by Crippen LogP contribution is 2.39. The van der Waals surface area contributed by atoms with Crippen molar-refractivity contribution in [1.82, 2.24) is 9.80 Å². The minimum absolute atomic E-state index is 0.0868. The lowest BCUT2D eigenvalue weighted by Crippen LogP contribution is -2.53. The zero-order chi connectivity index (χ0) is 26.5. The second-order valence-electron chi connectivity index (χ2n) is 9.35. The number of benzene rings is 3. The molecule has 1 N–H and O–H groups in total. The maximum Gasteiger partial charge on any atom is 0.240 e. The van der Waals surface area contributed by atoms with Crippen LogP contribution in [0, 0.1) is 5.82 Å². The zero-order valence-corrected chi connectivity index (χ0v) is 21.9. The predicted octanol–water partition coefficient (Wildman–Crippen LogP) is 4.52. The van der Waals surface area contributed by atoms with E-state index in [-0.39, 0.29) is 23.8 Å². The molecule has 2 atom stereocenters. The summed E-state index contributed by atoms with van der Waals surface area (Å²) in [4.78, 5) is 18.2. The van der Waals surface area contributed by atoms with Gasteiger partial charge in [-0.05, 0) is 60.2 Å². The Bertz CT molecular complexity index is 1250. The van der Waals surface area contributed by atoms with Gasteiger partial charge in [-0.15, -0.1) is 0 Å². The summed E-state index contributed by atoms with van der Waals surface area (Å²) in [6.45, 7) is 3.71. The van der Waals surface area contributed by atoms with Crippen molar-refractivity contribution in [2.24, 2.45) is 0 Å². The van der Waals surface area contributed by atoms with Gasteiger partial charge in [0, 0.05) is 32.3 Å². The molecule has 0 spiro atoms. The smallest absolute Gasteiger partial charge is 0.240 e. The monoisotopic (exact) mass is 506 g/mol. The molecule has 2 unspecified atom stereocenters. The lowest BCUT2D eigenvalue weighted by Gasteiger charge is -2.42. The molecule has 3 aromatic rings. The molecule has 2 heterocycles. The van der Waals surface area contributed by atoms with Crippen molar-refractivity contribution in [3.05, 3.63) is 94.3 Å². The van der Waals surface area contributed by atoms with Crippen LogP contribution in [0.3, 0.4) is 0 Å². The molecule has 6 nitrogen and oxygen atoms in total. The number of hydrogen-bond acceptors (Lipinski definition) is 5. The predicted molar refractivity (Wildman–Crippen MR) is 141 cm³/mol. The molecule has 2 aliphatic rings. The average Bonchev–Trinajstić information content (AvgIpc) is 2.94. The highest BCUT2D eigenvalue weighted by atomic mass is 19.1. The fourth-order valence-electron chi connectivity index (χ4n) is 5.47. The number of carbonyl (C=O) groups excluding carboxylic acids is 1. The second-order valence-corrected chi connectivity index (χ2v) is 9.35. The summed E-state index contributed by atoms with van der Waals surface area (Å²) in [6, 6.07) is 18.6. The Morgan fingerprint density at radius 3 is 2.32 bits per heavy atom. The number of methoxy groups -OCH3 is 2. The first kappa shape index (κ1) is 26.6. The van der Waals surface area contributed by atoms with Crippen LogP contribution in [0.25, 0.3) is 0 Å². The van der Waals surface area contributed by atoms with Crippen molar-refractivity contribution in [3.63, 3.8) is 0 Å². The fourth-order valence-corrected chi connectivity index (χ4v) is 5.47. The van der Waals surface area contributed by atoms with Crippen LogP contribution in [-0.2, 0) is 30.7 Å². The van der Waals surface area contributed by atoms with Crippen LogP contribution < -0.4 is 9.47 Å². The molecule has 2 aliphatic heterocycles. The van der Waals surface area contributed by atoms with Gasteiger partial charge in [-0.1, -0.05) is 42.5 Å². The van der Waals surface area contributed by atoms with E-state index in [0.717, 1.165) is 19.1 Å². The summed E-state index contributed by atoms with van der Waals surface area (Å²) < 4.78 is 25.5. The molecule has 37 heavy (non-hydrogen) atoms. The van der Waals surface area contributed by atoms with E-state index in [0.29, 0.717) is 43.1 Å². The van der Waals surface area contributed by atoms with Gasteiger partial charge in [0.05, 0.1) is 26.3 Å². The van der Waals surface area contributed by atoms with Crippen molar-refractivity contribution >= 4 is 5.91 Å². The Morgan fingerprint density at radius 1 is 0.973 bits per heavy atom. The maximum absolute atomic E-state index is 14.5. The average molecular weight is 507 g/mol. The SMILES string of the molecule is CO.COc1cc2c(cc1OC)C(C)N(C(=O)C1Cc3ccccc3CN1Cc1ccccc1F)CC2. The molecule has 0 fully saturated rings. The molecule has 196 valence electrons. The van der Waals surface area contributed by atoms with Crippen LogP contribution in [0.4, 0.5) is 4.39 Å². The third kappa shape index (κ3) is 5.33. The maximum atomic E-state index is 14.5. The first-order chi connectivity index (χ1) is 18.0. The summed E-state index contributed by atoms with van der Waals surface area (Å²) >= 11 is 0. The molecular formula is C30H35FN2O4. The molecule has 0 aromatic heterocycles. The third-order valence-electron chi connectivity index (χ3n) is 7.43. The van der Waals surface area contributed by atoms with Gasteiger partial charge in [0.15, 0.2) is 11.5 Å². The second kappa shape index (κ2) is 11.8. The van der Waals surface area contributed by atoms with Crippen LogP contribution in [0.15, 0.2) is 60.7 Å². The third-order valence-corrected chi connectivity index (χ3v) is 7.43. The zero-order valence-electron chi connectivity index (χ0n) is 21.9. The van der Waals surface area contributed by atoms with Gasteiger partial charge in [0.1, 0.15) is 5.82 Å². The highest BCUT2D eigenvalue weighted by Gasteiger charge is 2.38. The van der Waals surface area contributed by atoms with Crippen LogP contribution in [0.5, 0.6) is 11.5 Å². The van der Waals surface area contributed by atoms with Crippen LogP contribution >= 0.6 is 0 Å². The highest BCUT2D eigenvalue weighted by molar-refractivity contribution is 5.83. The molecule has 1 amide bonds. The first-order valence-corrected chi connectivity index (χ1v) is 12.5. The van der Waals surface area contributed by atoms with Gasteiger partial charge in [0.2, 0.25) is 5.91 Å². The van der Waals surface area contributed by atoms with Crippen LogP contribution in [0.2, 0.25) is 0 Å². The van der Waals surface area contributed by atoms with E-state index < -0.39 is 0 Å². The fraction of sp³-hybridized carbons (Fsp3) is 0.367. The standard InChI is InChI=1S/C29H31FN2O3.CH4O/c1-19-24-16-28(35-3)27(34-2)15-21(24)12-13-32(19)29(33)26-14-20-8-4-5-9-22(20)17-31(26)18-23-10-6-7-11-25(23)30;1-2/h4-11,15-16,19,26H,12-14,17-18H2,1-3H3;2H,1H3. The molecule has 3 aromatic carbocycles. The number of fused-ring (bicyclic) bond motifs is 2. The molecule has 5 rings (SSSR count). The van der Waals surface area contributed by atoms with Crippen LogP contribution in [-0.4, -0.2) is 54.7 Å². The first-order valence-electron chi connectivity index (χ1n) is 12.5. The largest absolute Gasteiger partial charge is 0.493 e. The van der Waals surface area contributed by atoms with E-state index in [1.165, 1.54) is 22.8 Å². The van der Waals surface area contributed by atoms with E-state index in [4.69, 9.17) is 14.6 Å². The molecule has 0 radical (unpaired) electrons. The summed E-state index contributed by atoms with van der Waals surface area (Å²) in [5.41, 5.74) is 5.25. The Labute approximate surface area is 218 Å². The summed E-state index contributed by atoms with van der Waals surface area (Å²) in [7, 11) is 4.26. The molecule has 7 heteroatoms. The number of carbonyl (C=O) groups is 1. The minimum Gasteiger partial charge on any atom is -0.493 e. The van der Waals surface area contributed by atoms with Crippen molar-refractivity contribution in [2.75, 3.05) is 27.9 Å². The van der Waals surface area contributed by atoms with Gasteiger partial charge < -0.3 is 19.5 Å². The number of amides is 1. The number of rotatable bonds is 5. The Morgan fingerprint density at radius 2 is 1.62 bits per heavy atom. The Balaban J connectivity index is 0.00000156. The number of aliphatic hydroxyl groups is 1. The number of hydrogen-bond donors (Lipinski definition) is 1. The normalized spacial score (nSPS) is 18.7. The van der Waals surface area contributed by atoms with Gasteiger partial charge in [-0.2, -0.15) is 0 Å². The van der Waals surface area contributed by atoms with E-state index >= 15 is 0 Å². The molecular weight excluding hydrogens is 471 g/mol. The lowest BCUT2D eigenvalue weighted by atomic mass is 9.89.